The molecule has 19 heavy (non-hydrogen) atoms. The molecule has 0 aliphatic carbocycles. The van der Waals surface area contributed by atoms with Crippen LogP contribution in [0.15, 0.2) is 12.1 Å². The molecule has 0 spiro atoms. The molecule has 1 aromatic heterocycles. The van der Waals surface area contributed by atoms with Crippen molar-refractivity contribution < 1.29 is 9.53 Å². The molecule has 2 heterocycles. The number of ether oxygens (including phenoxy) is 1. The van der Waals surface area contributed by atoms with Gasteiger partial charge in [0.15, 0.2) is 0 Å². The minimum absolute atomic E-state index is 0.115. The number of nitrogens with zero attached hydrogens (tertiary/aromatic N) is 1. The maximum absolute atomic E-state index is 12.2. The number of amides is 1. The summed E-state index contributed by atoms with van der Waals surface area (Å²) in [7, 11) is 0. The summed E-state index contributed by atoms with van der Waals surface area (Å²) in [6.45, 7) is 4.09. The van der Waals surface area contributed by atoms with Gasteiger partial charge in [-0.05, 0) is 31.9 Å². The fraction of sp³-hybridized carbons (Fsp3) is 0.538. The first-order valence-electron chi connectivity index (χ1n) is 6.49. The lowest BCUT2D eigenvalue weighted by Crippen LogP contribution is -2.38. The van der Waals surface area contributed by atoms with Crippen molar-refractivity contribution >= 4 is 23.3 Å². The molecule has 6 heteroatoms. The molecule has 0 aromatic carbocycles. The normalized spacial score (nSPS) is 16.1. The number of carbonyl (C=O) groups is 1. The molecule has 0 bridgehead atoms. The van der Waals surface area contributed by atoms with Crippen LogP contribution >= 0.6 is 11.6 Å². The van der Waals surface area contributed by atoms with Gasteiger partial charge in [0.05, 0.1) is 0 Å². The van der Waals surface area contributed by atoms with Gasteiger partial charge >= 0.3 is 0 Å². The number of hydrogen-bond donors (Lipinski definition) is 2. The van der Waals surface area contributed by atoms with Gasteiger partial charge in [-0.1, -0.05) is 11.6 Å². The highest BCUT2D eigenvalue weighted by Gasteiger charge is 2.17. The zero-order valence-corrected chi connectivity index (χ0v) is 11.7. The second-order valence-corrected chi connectivity index (χ2v) is 4.84. The van der Waals surface area contributed by atoms with E-state index in [2.05, 4.69) is 15.6 Å². The lowest BCUT2D eigenvalue weighted by atomic mass is 10.1. The molecule has 0 saturated carbocycles. The van der Waals surface area contributed by atoms with E-state index in [1.807, 2.05) is 6.92 Å². The Hall–Kier alpha value is -1.33. The lowest BCUT2D eigenvalue weighted by Gasteiger charge is -2.23. The van der Waals surface area contributed by atoms with Crippen LogP contribution in [0.3, 0.4) is 0 Å². The number of halogens is 1. The van der Waals surface area contributed by atoms with Crippen molar-refractivity contribution in [2.75, 3.05) is 25.1 Å². The molecule has 104 valence electrons. The van der Waals surface area contributed by atoms with Crippen LogP contribution in [0.5, 0.6) is 0 Å². The molecule has 5 nitrogen and oxygen atoms in total. The van der Waals surface area contributed by atoms with Gasteiger partial charge in [-0.25, -0.2) is 4.98 Å². The highest BCUT2D eigenvalue weighted by Crippen LogP contribution is 2.15. The average Bonchev–Trinajstić information content (AvgIpc) is 2.39. The highest BCUT2D eigenvalue weighted by molar-refractivity contribution is 6.29. The first-order chi connectivity index (χ1) is 9.19. The third kappa shape index (κ3) is 4.08. The van der Waals surface area contributed by atoms with E-state index in [1.165, 1.54) is 0 Å². The van der Waals surface area contributed by atoms with E-state index in [4.69, 9.17) is 16.3 Å². The average molecular weight is 284 g/mol. The Balaban J connectivity index is 2.05. The van der Waals surface area contributed by atoms with Gasteiger partial charge < -0.3 is 15.4 Å². The summed E-state index contributed by atoms with van der Waals surface area (Å²) < 4.78 is 5.26. The maximum atomic E-state index is 12.2. The molecule has 0 atom stereocenters. The first kappa shape index (κ1) is 14.1. The Morgan fingerprint density at radius 3 is 2.89 bits per heavy atom. The van der Waals surface area contributed by atoms with Crippen LogP contribution in [0.1, 0.15) is 30.1 Å². The summed E-state index contributed by atoms with van der Waals surface area (Å²) in [5.41, 5.74) is 0.530. The molecule has 1 aromatic rings. The summed E-state index contributed by atoms with van der Waals surface area (Å²) in [6, 6.07) is 3.47. The zero-order valence-electron chi connectivity index (χ0n) is 10.9. The number of anilines is 1. The van der Waals surface area contributed by atoms with Gasteiger partial charge in [0.1, 0.15) is 11.0 Å². The quantitative estimate of drug-likeness (QED) is 0.831. The van der Waals surface area contributed by atoms with Gasteiger partial charge in [-0.3, -0.25) is 4.79 Å². The monoisotopic (exact) mass is 283 g/mol. The van der Waals surface area contributed by atoms with Crippen molar-refractivity contribution in [1.29, 1.82) is 0 Å². The minimum atomic E-state index is -0.115. The topological polar surface area (TPSA) is 63.2 Å². The van der Waals surface area contributed by atoms with Crippen LogP contribution < -0.4 is 10.6 Å². The van der Waals surface area contributed by atoms with Gasteiger partial charge in [0.2, 0.25) is 0 Å². The van der Waals surface area contributed by atoms with Crippen LogP contribution in [0.25, 0.3) is 0 Å². The molecule has 0 unspecified atom stereocenters. The smallest absolute Gasteiger partial charge is 0.251 e. The predicted octanol–water partition coefficient (Wildman–Crippen LogP) is 2.08. The molecular formula is C13H18ClN3O2. The van der Waals surface area contributed by atoms with Crippen LogP contribution in [0.4, 0.5) is 5.82 Å². The second kappa shape index (κ2) is 6.73. The number of aromatic nitrogens is 1. The Labute approximate surface area is 117 Å². The Bertz CT molecular complexity index is 448. The van der Waals surface area contributed by atoms with Crippen molar-refractivity contribution in [2.24, 2.45) is 0 Å². The van der Waals surface area contributed by atoms with Crippen LogP contribution in [-0.4, -0.2) is 36.7 Å². The summed E-state index contributed by atoms with van der Waals surface area (Å²) in [4.78, 5) is 16.3. The fourth-order valence-electron chi connectivity index (χ4n) is 2.01. The summed E-state index contributed by atoms with van der Waals surface area (Å²) in [5.74, 6) is 0.502. The van der Waals surface area contributed by atoms with E-state index in [-0.39, 0.29) is 11.9 Å². The van der Waals surface area contributed by atoms with Crippen molar-refractivity contribution in [3.8, 4) is 0 Å². The third-order valence-corrected chi connectivity index (χ3v) is 3.16. The van der Waals surface area contributed by atoms with Crippen molar-refractivity contribution in [3.05, 3.63) is 22.8 Å². The minimum Gasteiger partial charge on any atom is -0.381 e. The first-order valence-corrected chi connectivity index (χ1v) is 6.87. The van der Waals surface area contributed by atoms with Crippen molar-refractivity contribution in [1.82, 2.24) is 10.3 Å². The summed E-state index contributed by atoms with van der Waals surface area (Å²) in [6.07, 6.45) is 1.70. The predicted molar refractivity (Wildman–Crippen MR) is 74.7 cm³/mol. The van der Waals surface area contributed by atoms with E-state index in [1.54, 1.807) is 12.1 Å². The number of nitrogens with one attached hydrogen (secondary N) is 2. The molecule has 0 radical (unpaired) electrons. The van der Waals surface area contributed by atoms with E-state index in [9.17, 15) is 4.79 Å². The van der Waals surface area contributed by atoms with Gasteiger partial charge in [-0.2, -0.15) is 0 Å². The zero-order chi connectivity index (χ0) is 13.7. The third-order valence-electron chi connectivity index (χ3n) is 2.97. The Kier molecular flexibility index (Phi) is 4.99. The van der Waals surface area contributed by atoms with Crippen molar-refractivity contribution in [2.45, 2.75) is 25.8 Å². The number of pyridine rings is 1. The molecule has 1 aliphatic rings. The van der Waals surface area contributed by atoms with Gasteiger partial charge in [-0.15, -0.1) is 0 Å². The molecular weight excluding hydrogens is 266 g/mol. The number of hydrogen-bond acceptors (Lipinski definition) is 4. The Morgan fingerprint density at radius 1 is 1.47 bits per heavy atom. The molecule has 2 rings (SSSR count). The maximum Gasteiger partial charge on any atom is 0.251 e. The largest absolute Gasteiger partial charge is 0.381 e. The summed E-state index contributed by atoms with van der Waals surface area (Å²) >= 11 is 5.92. The van der Waals surface area contributed by atoms with E-state index in [0.717, 1.165) is 19.4 Å². The highest BCUT2D eigenvalue weighted by atomic mass is 35.5. The standard InChI is InChI=1S/C13H18ClN3O2/c1-2-15-12-8-9(7-11(14)17-12)13(18)16-10-3-5-19-6-4-10/h7-8,10H,2-6H2,1H3,(H,15,17)(H,16,18). The van der Waals surface area contributed by atoms with Crippen LogP contribution in [0, 0.1) is 0 Å². The molecule has 1 amide bonds. The van der Waals surface area contributed by atoms with Crippen LogP contribution in [0.2, 0.25) is 5.15 Å². The lowest BCUT2D eigenvalue weighted by molar-refractivity contribution is 0.0696. The summed E-state index contributed by atoms with van der Waals surface area (Å²) in [5, 5.41) is 6.37. The van der Waals surface area contributed by atoms with Crippen molar-refractivity contribution in [3.63, 3.8) is 0 Å². The van der Waals surface area contributed by atoms with Gasteiger partial charge in [0.25, 0.3) is 5.91 Å². The molecule has 2 N–H and O–H groups in total. The van der Waals surface area contributed by atoms with E-state index >= 15 is 0 Å². The SMILES string of the molecule is CCNc1cc(C(=O)NC2CCOCC2)cc(Cl)n1. The molecule has 1 aliphatic heterocycles. The molecule has 1 saturated heterocycles. The number of carbonyl (C=O) groups excluding carboxylic acids is 1. The van der Waals surface area contributed by atoms with Crippen LogP contribution in [-0.2, 0) is 4.74 Å². The number of rotatable bonds is 4. The van der Waals surface area contributed by atoms with E-state index < -0.39 is 0 Å². The second-order valence-electron chi connectivity index (χ2n) is 4.45. The fourth-order valence-corrected chi connectivity index (χ4v) is 2.22. The van der Waals surface area contributed by atoms with E-state index in [0.29, 0.717) is 29.7 Å². The molecule has 1 fully saturated rings. The van der Waals surface area contributed by atoms with Gasteiger partial charge in [0, 0.05) is 31.4 Å². The Morgan fingerprint density at radius 2 is 2.21 bits per heavy atom.